The van der Waals surface area contributed by atoms with Gasteiger partial charge in [0.2, 0.25) is 5.95 Å². The van der Waals surface area contributed by atoms with E-state index in [0.29, 0.717) is 17.6 Å². The van der Waals surface area contributed by atoms with E-state index in [1.54, 1.807) is 11.3 Å². The van der Waals surface area contributed by atoms with Gasteiger partial charge in [-0.3, -0.25) is 4.57 Å². The van der Waals surface area contributed by atoms with Crippen LogP contribution in [0.15, 0.2) is 192 Å². The van der Waals surface area contributed by atoms with Crippen molar-refractivity contribution in [3.63, 3.8) is 0 Å². The summed E-state index contributed by atoms with van der Waals surface area (Å²) in [6, 6.07) is 66.7. The van der Waals surface area contributed by atoms with Gasteiger partial charge in [-0.1, -0.05) is 127 Å². The Morgan fingerprint density at radius 1 is 0.371 bits per heavy atom. The van der Waals surface area contributed by atoms with Crippen LogP contribution in [0, 0.1) is 0 Å². The molecule has 14 rings (SSSR count). The van der Waals surface area contributed by atoms with Crippen LogP contribution in [-0.2, 0) is 0 Å². The van der Waals surface area contributed by atoms with Crippen LogP contribution in [0.2, 0.25) is 0 Å². The third-order valence-corrected chi connectivity index (χ3v) is 13.8. The minimum absolute atomic E-state index is 0.546. The van der Waals surface area contributed by atoms with Gasteiger partial charge in [0.15, 0.2) is 11.6 Å². The molecule has 0 amide bonds. The standard InChI is InChI=1S/C55H31N5OS/c1-2-15-33-29-47-41(28-32(33)14-1)36-18-5-8-23-44(36)59(47)48-30-42-37-19-6-11-26-49(37)61-50(42)31-43(48)54-56-53(40-22-13-21-39-38-20-7-12-27-51(38)62-52(39)40)57-55(58-54)60-45-24-9-3-16-34(45)35-17-4-10-25-46(35)60/h1-31H. The monoisotopic (exact) mass is 809 g/mol. The van der Waals surface area contributed by atoms with Crippen molar-refractivity contribution in [2.45, 2.75) is 0 Å². The zero-order chi connectivity index (χ0) is 40.5. The van der Waals surface area contributed by atoms with Crippen LogP contribution >= 0.6 is 11.3 Å². The first-order valence-electron chi connectivity index (χ1n) is 20.8. The first kappa shape index (κ1) is 33.7. The minimum atomic E-state index is 0.546. The molecule has 288 valence electrons. The number of nitrogens with zero attached hydrogens (tertiary/aromatic N) is 5. The lowest BCUT2D eigenvalue weighted by Crippen LogP contribution is -2.08. The molecule has 0 spiro atoms. The second-order valence-corrected chi connectivity index (χ2v) is 17.0. The Labute approximate surface area is 357 Å². The maximum atomic E-state index is 6.66. The second kappa shape index (κ2) is 12.7. The van der Waals surface area contributed by atoms with Crippen molar-refractivity contribution in [1.82, 2.24) is 24.1 Å². The maximum Gasteiger partial charge on any atom is 0.238 e. The lowest BCUT2D eigenvalue weighted by Gasteiger charge is -2.16. The molecule has 7 heteroatoms. The summed E-state index contributed by atoms with van der Waals surface area (Å²) in [5.41, 5.74) is 8.60. The number of rotatable bonds is 4. The van der Waals surface area contributed by atoms with E-state index in [4.69, 9.17) is 19.4 Å². The summed E-state index contributed by atoms with van der Waals surface area (Å²) in [5.74, 6) is 1.70. The van der Waals surface area contributed by atoms with Crippen LogP contribution < -0.4 is 0 Å². The molecule has 0 atom stereocenters. The molecule has 9 aromatic carbocycles. The summed E-state index contributed by atoms with van der Waals surface area (Å²) in [6.07, 6.45) is 0. The van der Waals surface area contributed by atoms with Gasteiger partial charge in [-0.05, 0) is 71.4 Å². The largest absolute Gasteiger partial charge is 0.456 e. The Morgan fingerprint density at radius 3 is 1.71 bits per heavy atom. The van der Waals surface area contributed by atoms with Crippen molar-refractivity contribution in [3.05, 3.63) is 188 Å². The van der Waals surface area contributed by atoms with Crippen LogP contribution in [0.3, 0.4) is 0 Å². The lowest BCUT2D eigenvalue weighted by molar-refractivity contribution is 0.669. The normalized spacial score (nSPS) is 12.2. The molecule has 0 N–H and O–H groups in total. The maximum absolute atomic E-state index is 6.66. The van der Waals surface area contributed by atoms with Crippen LogP contribution in [0.4, 0.5) is 0 Å². The number of furan rings is 1. The molecule has 0 bridgehead atoms. The van der Waals surface area contributed by atoms with Gasteiger partial charge in [0.05, 0.1) is 27.8 Å². The molecule has 0 unspecified atom stereocenters. The molecular formula is C55H31N5OS. The summed E-state index contributed by atoms with van der Waals surface area (Å²) in [6.45, 7) is 0. The highest BCUT2D eigenvalue weighted by Crippen LogP contribution is 2.43. The van der Waals surface area contributed by atoms with Crippen LogP contribution in [0.25, 0.3) is 131 Å². The number of aromatic nitrogens is 5. The Balaban J connectivity index is 1.14. The molecule has 0 radical (unpaired) electrons. The first-order chi connectivity index (χ1) is 30.7. The smallest absolute Gasteiger partial charge is 0.238 e. The van der Waals surface area contributed by atoms with Crippen LogP contribution in [0.5, 0.6) is 0 Å². The van der Waals surface area contributed by atoms with E-state index in [1.807, 2.05) is 12.1 Å². The van der Waals surface area contributed by atoms with Crippen LogP contribution in [0.1, 0.15) is 0 Å². The predicted molar refractivity (Wildman–Crippen MR) is 257 cm³/mol. The van der Waals surface area contributed by atoms with E-state index in [9.17, 15) is 0 Å². The number of fused-ring (bicyclic) bond motifs is 13. The van der Waals surface area contributed by atoms with E-state index in [1.165, 1.54) is 37.0 Å². The summed E-state index contributed by atoms with van der Waals surface area (Å²) >= 11 is 1.78. The van der Waals surface area contributed by atoms with Crippen molar-refractivity contribution in [2.24, 2.45) is 0 Å². The fourth-order valence-corrected chi connectivity index (χ4v) is 11.0. The van der Waals surface area contributed by atoms with Gasteiger partial charge in [-0.15, -0.1) is 11.3 Å². The number of para-hydroxylation sites is 4. The summed E-state index contributed by atoms with van der Waals surface area (Å²) < 4.78 is 13.6. The molecule has 0 saturated carbocycles. The number of thiophene rings is 1. The van der Waals surface area contributed by atoms with Crippen molar-refractivity contribution < 1.29 is 4.42 Å². The number of hydrogen-bond acceptors (Lipinski definition) is 5. The third kappa shape index (κ3) is 4.76. The number of hydrogen-bond donors (Lipinski definition) is 0. The average Bonchev–Trinajstić information content (AvgIpc) is 4.08. The summed E-state index contributed by atoms with van der Waals surface area (Å²) in [5, 5.41) is 11.5. The highest BCUT2D eigenvalue weighted by atomic mass is 32.1. The second-order valence-electron chi connectivity index (χ2n) is 16.0. The summed E-state index contributed by atoms with van der Waals surface area (Å²) in [7, 11) is 0. The molecule has 0 aliphatic rings. The molecule has 0 fully saturated rings. The molecule has 5 heterocycles. The Morgan fingerprint density at radius 2 is 0.952 bits per heavy atom. The highest BCUT2D eigenvalue weighted by Gasteiger charge is 2.24. The highest BCUT2D eigenvalue weighted by molar-refractivity contribution is 7.26. The van der Waals surface area contributed by atoms with E-state index in [0.717, 1.165) is 76.3 Å². The molecule has 0 aliphatic heterocycles. The van der Waals surface area contributed by atoms with Crippen LogP contribution in [-0.4, -0.2) is 24.1 Å². The van der Waals surface area contributed by atoms with Crippen molar-refractivity contribution in [1.29, 1.82) is 0 Å². The van der Waals surface area contributed by atoms with E-state index < -0.39 is 0 Å². The zero-order valence-electron chi connectivity index (χ0n) is 33.0. The molecule has 62 heavy (non-hydrogen) atoms. The summed E-state index contributed by atoms with van der Waals surface area (Å²) in [4.78, 5) is 16.5. The fraction of sp³-hybridized carbons (Fsp3) is 0. The minimum Gasteiger partial charge on any atom is -0.456 e. The topological polar surface area (TPSA) is 61.7 Å². The van der Waals surface area contributed by atoms with Gasteiger partial charge in [-0.2, -0.15) is 9.97 Å². The number of benzene rings is 9. The van der Waals surface area contributed by atoms with Gasteiger partial charge in [0.25, 0.3) is 0 Å². The molecular weight excluding hydrogens is 779 g/mol. The van der Waals surface area contributed by atoms with Crippen molar-refractivity contribution >= 4 is 108 Å². The van der Waals surface area contributed by atoms with E-state index in [2.05, 4.69) is 185 Å². The zero-order valence-corrected chi connectivity index (χ0v) is 33.8. The SMILES string of the molecule is c1ccc2cc3c(cc2c1)c1ccccc1n3-c1cc2c(cc1-c1nc(-c3cccc4c3sc3ccccc34)nc(-n3c4ccccc4c4ccccc43)n1)oc1ccccc12. The van der Waals surface area contributed by atoms with Gasteiger partial charge in [-0.25, -0.2) is 4.98 Å². The first-order valence-corrected chi connectivity index (χ1v) is 21.6. The Bertz CT molecular complexity index is 4130. The average molecular weight is 810 g/mol. The quantitative estimate of drug-likeness (QED) is 0.178. The Kier molecular flexibility index (Phi) is 6.89. The van der Waals surface area contributed by atoms with Crippen molar-refractivity contribution in [2.75, 3.05) is 0 Å². The van der Waals surface area contributed by atoms with Gasteiger partial charge < -0.3 is 8.98 Å². The molecule has 5 aromatic heterocycles. The molecule has 14 aromatic rings. The van der Waals surface area contributed by atoms with E-state index >= 15 is 0 Å². The van der Waals surface area contributed by atoms with E-state index in [-0.39, 0.29) is 0 Å². The van der Waals surface area contributed by atoms with Crippen molar-refractivity contribution in [3.8, 4) is 34.4 Å². The van der Waals surface area contributed by atoms with Gasteiger partial charge in [0, 0.05) is 63.6 Å². The fourth-order valence-electron chi connectivity index (χ4n) is 9.81. The molecule has 0 aliphatic carbocycles. The third-order valence-electron chi connectivity index (χ3n) is 12.6. The predicted octanol–water partition coefficient (Wildman–Crippen LogP) is 14.8. The van der Waals surface area contributed by atoms with Gasteiger partial charge >= 0.3 is 0 Å². The molecule has 0 saturated heterocycles. The van der Waals surface area contributed by atoms with Gasteiger partial charge in [0.1, 0.15) is 11.2 Å². The molecule has 6 nitrogen and oxygen atoms in total. The lowest BCUT2D eigenvalue weighted by atomic mass is 10.1. The Hall–Kier alpha value is -8.13.